The molecule has 6 heteroatoms. The lowest BCUT2D eigenvalue weighted by molar-refractivity contribution is -0.137. The molecule has 1 heterocycles. The molecule has 0 aliphatic rings. The van der Waals surface area contributed by atoms with E-state index in [2.05, 4.69) is 15.5 Å². The van der Waals surface area contributed by atoms with E-state index in [-0.39, 0.29) is 12.3 Å². The minimum Gasteiger partial charge on any atom is -0.481 e. The fourth-order valence-corrected chi connectivity index (χ4v) is 2.14. The number of benzene rings is 1. The number of hydrogen-bond donors (Lipinski definition) is 3. The average Bonchev–Trinajstić information content (AvgIpc) is 2.93. The van der Waals surface area contributed by atoms with Crippen LogP contribution in [-0.4, -0.2) is 33.7 Å². The number of unbranched alkanes of at least 4 members (excludes halogenated alkanes) is 3. The van der Waals surface area contributed by atoms with Crippen molar-refractivity contribution in [1.82, 2.24) is 15.5 Å². The Hall–Kier alpha value is -2.37. The van der Waals surface area contributed by atoms with E-state index >= 15 is 0 Å². The van der Waals surface area contributed by atoms with E-state index in [0.717, 1.165) is 30.2 Å². The number of amides is 1. The molecule has 1 amide bonds. The first-order chi connectivity index (χ1) is 10.2. The molecular formula is C15H19N3O3. The molecule has 2 rings (SSSR count). The molecule has 112 valence electrons. The summed E-state index contributed by atoms with van der Waals surface area (Å²) in [6, 6.07) is 5.42. The maximum Gasteiger partial charge on any atom is 0.303 e. The molecule has 0 unspecified atom stereocenters. The normalized spacial score (nSPS) is 10.7. The van der Waals surface area contributed by atoms with Crippen molar-refractivity contribution in [3.63, 3.8) is 0 Å². The minimum absolute atomic E-state index is 0.1000. The van der Waals surface area contributed by atoms with Crippen LogP contribution in [0.1, 0.15) is 42.5 Å². The summed E-state index contributed by atoms with van der Waals surface area (Å²) < 4.78 is 0. The maximum absolute atomic E-state index is 12.0. The van der Waals surface area contributed by atoms with Gasteiger partial charge in [0, 0.05) is 23.9 Å². The lowest BCUT2D eigenvalue weighted by atomic mass is 10.1. The zero-order valence-electron chi connectivity index (χ0n) is 11.8. The monoisotopic (exact) mass is 289 g/mol. The fraction of sp³-hybridized carbons (Fsp3) is 0.400. The van der Waals surface area contributed by atoms with Crippen molar-refractivity contribution < 1.29 is 14.7 Å². The van der Waals surface area contributed by atoms with Gasteiger partial charge in [-0.3, -0.25) is 14.7 Å². The van der Waals surface area contributed by atoms with Crippen molar-refractivity contribution in [3.05, 3.63) is 30.0 Å². The van der Waals surface area contributed by atoms with E-state index in [1.54, 1.807) is 18.3 Å². The van der Waals surface area contributed by atoms with E-state index in [1.807, 2.05) is 6.07 Å². The molecule has 0 radical (unpaired) electrons. The summed E-state index contributed by atoms with van der Waals surface area (Å²) in [6.45, 7) is 0.604. The Balaban J connectivity index is 1.68. The zero-order valence-corrected chi connectivity index (χ0v) is 11.8. The third kappa shape index (κ3) is 4.59. The van der Waals surface area contributed by atoms with Gasteiger partial charge in [-0.05, 0) is 25.0 Å². The number of aromatic nitrogens is 2. The molecule has 0 spiro atoms. The molecule has 0 atom stereocenters. The van der Waals surface area contributed by atoms with Gasteiger partial charge in [-0.1, -0.05) is 18.9 Å². The number of carbonyl (C=O) groups excluding carboxylic acids is 1. The largest absolute Gasteiger partial charge is 0.481 e. The molecule has 0 saturated carbocycles. The Morgan fingerprint density at radius 3 is 2.81 bits per heavy atom. The molecule has 1 aromatic carbocycles. The van der Waals surface area contributed by atoms with Crippen LogP contribution in [0, 0.1) is 0 Å². The number of nitrogens with zero attached hydrogens (tertiary/aromatic N) is 1. The highest BCUT2D eigenvalue weighted by atomic mass is 16.4. The minimum atomic E-state index is -0.752. The second kappa shape index (κ2) is 7.42. The van der Waals surface area contributed by atoms with Crippen LogP contribution in [0.25, 0.3) is 10.9 Å². The van der Waals surface area contributed by atoms with Crippen LogP contribution in [0.5, 0.6) is 0 Å². The molecular weight excluding hydrogens is 270 g/mol. The summed E-state index contributed by atoms with van der Waals surface area (Å²) in [5.41, 5.74) is 1.45. The summed E-state index contributed by atoms with van der Waals surface area (Å²) in [6.07, 6.45) is 5.29. The fourth-order valence-electron chi connectivity index (χ4n) is 2.14. The van der Waals surface area contributed by atoms with E-state index in [1.165, 1.54) is 0 Å². The Morgan fingerprint density at radius 2 is 2.00 bits per heavy atom. The molecule has 6 nitrogen and oxygen atoms in total. The number of nitrogens with one attached hydrogen (secondary N) is 2. The lowest BCUT2D eigenvalue weighted by Crippen LogP contribution is -2.24. The standard InChI is InChI=1S/C15H19N3O3/c19-14(20)5-3-1-2-4-8-16-15(21)11-6-7-12-10-17-18-13(12)9-11/h6-7,9-10H,1-5,8H2,(H,16,21)(H,17,18)(H,19,20). The van der Waals surface area contributed by atoms with Gasteiger partial charge in [-0.2, -0.15) is 5.10 Å². The van der Waals surface area contributed by atoms with Crippen molar-refractivity contribution in [2.75, 3.05) is 6.54 Å². The smallest absolute Gasteiger partial charge is 0.303 e. The molecule has 3 N–H and O–H groups in total. The molecule has 0 bridgehead atoms. The van der Waals surface area contributed by atoms with Crippen molar-refractivity contribution in [1.29, 1.82) is 0 Å². The maximum atomic E-state index is 12.0. The summed E-state index contributed by atoms with van der Waals surface area (Å²) in [5.74, 6) is -0.852. The van der Waals surface area contributed by atoms with Crippen LogP contribution in [0.2, 0.25) is 0 Å². The number of hydrogen-bond acceptors (Lipinski definition) is 3. The zero-order chi connectivity index (χ0) is 15.1. The van der Waals surface area contributed by atoms with Gasteiger partial charge in [-0.25, -0.2) is 0 Å². The average molecular weight is 289 g/mol. The van der Waals surface area contributed by atoms with Gasteiger partial charge >= 0.3 is 5.97 Å². The van der Waals surface area contributed by atoms with E-state index in [9.17, 15) is 9.59 Å². The quantitative estimate of drug-likeness (QED) is 0.650. The van der Waals surface area contributed by atoms with Gasteiger partial charge in [0.2, 0.25) is 0 Å². The summed E-state index contributed by atoms with van der Waals surface area (Å²) in [7, 11) is 0. The summed E-state index contributed by atoms with van der Waals surface area (Å²) >= 11 is 0. The number of carbonyl (C=O) groups is 2. The Kier molecular flexibility index (Phi) is 5.31. The highest BCUT2D eigenvalue weighted by Crippen LogP contribution is 2.12. The number of aliphatic carboxylic acids is 1. The highest BCUT2D eigenvalue weighted by molar-refractivity contribution is 5.97. The van der Waals surface area contributed by atoms with Crippen LogP contribution < -0.4 is 5.32 Å². The number of rotatable bonds is 8. The number of fused-ring (bicyclic) bond motifs is 1. The molecule has 0 fully saturated rings. The van der Waals surface area contributed by atoms with Gasteiger partial charge in [0.25, 0.3) is 5.91 Å². The third-order valence-corrected chi connectivity index (χ3v) is 3.31. The van der Waals surface area contributed by atoms with Crippen molar-refractivity contribution in [2.45, 2.75) is 32.1 Å². The molecule has 0 saturated heterocycles. The summed E-state index contributed by atoms with van der Waals surface area (Å²) in [4.78, 5) is 22.3. The topological polar surface area (TPSA) is 95.1 Å². The lowest BCUT2D eigenvalue weighted by Gasteiger charge is -2.05. The van der Waals surface area contributed by atoms with E-state index in [4.69, 9.17) is 5.11 Å². The van der Waals surface area contributed by atoms with Crippen molar-refractivity contribution in [3.8, 4) is 0 Å². The summed E-state index contributed by atoms with van der Waals surface area (Å²) in [5, 5.41) is 19.1. The molecule has 0 aliphatic heterocycles. The van der Waals surface area contributed by atoms with Gasteiger partial charge in [-0.15, -0.1) is 0 Å². The van der Waals surface area contributed by atoms with Gasteiger partial charge in [0.15, 0.2) is 0 Å². The third-order valence-electron chi connectivity index (χ3n) is 3.31. The van der Waals surface area contributed by atoms with Crippen LogP contribution in [0.15, 0.2) is 24.4 Å². The van der Waals surface area contributed by atoms with Gasteiger partial charge in [0.05, 0.1) is 11.7 Å². The first-order valence-corrected chi connectivity index (χ1v) is 7.10. The number of H-pyrrole nitrogens is 1. The molecule has 21 heavy (non-hydrogen) atoms. The molecule has 1 aromatic heterocycles. The van der Waals surface area contributed by atoms with Crippen molar-refractivity contribution in [2.24, 2.45) is 0 Å². The highest BCUT2D eigenvalue weighted by Gasteiger charge is 2.06. The first-order valence-electron chi connectivity index (χ1n) is 7.10. The Bertz CT molecular complexity index is 621. The predicted octanol–water partition coefficient (Wildman–Crippen LogP) is 2.33. The second-order valence-electron chi connectivity index (χ2n) is 4.99. The predicted molar refractivity (Wildman–Crippen MR) is 79.1 cm³/mol. The number of carboxylic acid groups (broad SMARTS) is 1. The van der Waals surface area contributed by atoms with E-state index < -0.39 is 5.97 Å². The van der Waals surface area contributed by atoms with Crippen LogP contribution in [-0.2, 0) is 4.79 Å². The van der Waals surface area contributed by atoms with Crippen LogP contribution >= 0.6 is 0 Å². The Labute approximate surface area is 122 Å². The first kappa shape index (κ1) is 15.0. The SMILES string of the molecule is O=C(O)CCCCCCNC(=O)c1ccc2cn[nH]c2c1. The second-order valence-corrected chi connectivity index (χ2v) is 4.99. The van der Waals surface area contributed by atoms with E-state index in [0.29, 0.717) is 18.5 Å². The Morgan fingerprint density at radius 1 is 1.19 bits per heavy atom. The molecule has 2 aromatic rings. The number of carboxylic acids is 1. The number of aromatic amines is 1. The van der Waals surface area contributed by atoms with Gasteiger partial charge < -0.3 is 10.4 Å². The van der Waals surface area contributed by atoms with Crippen LogP contribution in [0.3, 0.4) is 0 Å². The molecule has 0 aliphatic carbocycles. The van der Waals surface area contributed by atoms with Crippen LogP contribution in [0.4, 0.5) is 0 Å². The van der Waals surface area contributed by atoms with Crippen molar-refractivity contribution >= 4 is 22.8 Å². The van der Waals surface area contributed by atoms with Gasteiger partial charge in [0.1, 0.15) is 0 Å².